The average Bonchev–Trinajstić information content (AvgIpc) is 2.89. The molecule has 8 heteroatoms. The molecular formula is C16H16F3N3O2. The summed E-state index contributed by atoms with van der Waals surface area (Å²) in [6, 6.07) is 5.50. The van der Waals surface area contributed by atoms with E-state index < -0.39 is 30.7 Å². The van der Waals surface area contributed by atoms with E-state index in [0.717, 1.165) is 4.68 Å². The van der Waals surface area contributed by atoms with Crippen LogP contribution in [0.1, 0.15) is 34.9 Å². The van der Waals surface area contributed by atoms with E-state index in [9.17, 15) is 18.0 Å². The Balaban J connectivity index is 1.77. The third-order valence-corrected chi connectivity index (χ3v) is 3.76. The minimum atomic E-state index is -2.55. The highest BCUT2D eigenvalue weighted by Gasteiger charge is 2.24. The Labute approximate surface area is 136 Å². The zero-order valence-electron chi connectivity index (χ0n) is 12.7. The molecule has 1 aliphatic heterocycles. The zero-order valence-corrected chi connectivity index (χ0v) is 12.7. The standard InChI is InChI=1S/C16H16F3N3O2/c17-11-4-1-3-10-12(5-2-8-24-15(10)11)20-16(23)13-6-7-22(21-13)9-14(18)19/h1,3-4,6-7,12,14H,2,5,8-9H2,(H,20,23)/t12-/m0/s1. The molecule has 128 valence electrons. The normalized spacial score (nSPS) is 17.1. The van der Waals surface area contributed by atoms with Gasteiger partial charge in [0.15, 0.2) is 11.6 Å². The van der Waals surface area contributed by atoms with E-state index in [1.54, 1.807) is 12.1 Å². The molecule has 0 unspecified atom stereocenters. The molecular weight excluding hydrogens is 323 g/mol. The van der Waals surface area contributed by atoms with Gasteiger partial charge < -0.3 is 10.1 Å². The smallest absolute Gasteiger partial charge is 0.272 e. The number of fused-ring (bicyclic) bond motifs is 1. The number of benzene rings is 1. The fraction of sp³-hybridized carbons (Fsp3) is 0.375. The molecule has 0 spiro atoms. The van der Waals surface area contributed by atoms with Crippen LogP contribution in [0.4, 0.5) is 13.2 Å². The molecule has 0 fully saturated rings. The van der Waals surface area contributed by atoms with Gasteiger partial charge in [-0.2, -0.15) is 5.10 Å². The van der Waals surface area contributed by atoms with Gasteiger partial charge in [0.1, 0.15) is 12.2 Å². The van der Waals surface area contributed by atoms with E-state index in [1.165, 1.54) is 18.3 Å². The van der Waals surface area contributed by atoms with E-state index in [0.29, 0.717) is 25.0 Å². The van der Waals surface area contributed by atoms with Crippen LogP contribution in [0, 0.1) is 5.82 Å². The van der Waals surface area contributed by atoms with E-state index in [1.807, 2.05) is 0 Å². The van der Waals surface area contributed by atoms with Gasteiger partial charge in [0.25, 0.3) is 12.3 Å². The number of nitrogens with one attached hydrogen (secondary N) is 1. The number of carbonyl (C=O) groups is 1. The summed E-state index contributed by atoms with van der Waals surface area (Å²) in [6.45, 7) is -0.206. The molecule has 0 radical (unpaired) electrons. The molecule has 2 heterocycles. The van der Waals surface area contributed by atoms with Crippen LogP contribution in [0.3, 0.4) is 0 Å². The average molecular weight is 339 g/mol. The highest BCUT2D eigenvalue weighted by molar-refractivity contribution is 5.92. The molecule has 0 aliphatic carbocycles. The first-order valence-electron chi connectivity index (χ1n) is 7.58. The summed E-state index contributed by atoms with van der Waals surface area (Å²) >= 11 is 0. The maximum Gasteiger partial charge on any atom is 0.272 e. The number of aromatic nitrogens is 2. The lowest BCUT2D eigenvalue weighted by molar-refractivity contribution is 0.0924. The maximum atomic E-state index is 13.9. The number of halogens is 3. The molecule has 24 heavy (non-hydrogen) atoms. The van der Waals surface area contributed by atoms with Crippen LogP contribution < -0.4 is 10.1 Å². The quantitative estimate of drug-likeness (QED) is 0.932. The Morgan fingerprint density at radius 2 is 2.25 bits per heavy atom. The van der Waals surface area contributed by atoms with Crippen LogP contribution in [0.25, 0.3) is 0 Å². The van der Waals surface area contributed by atoms with Gasteiger partial charge in [-0.15, -0.1) is 0 Å². The van der Waals surface area contributed by atoms with E-state index >= 15 is 0 Å². The summed E-state index contributed by atoms with van der Waals surface area (Å²) in [5, 5.41) is 6.61. The number of rotatable bonds is 4. The van der Waals surface area contributed by atoms with Crippen molar-refractivity contribution < 1.29 is 22.7 Å². The number of hydrogen-bond donors (Lipinski definition) is 1. The van der Waals surface area contributed by atoms with Crippen LogP contribution in [0.5, 0.6) is 5.75 Å². The summed E-state index contributed by atoms with van der Waals surface area (Å²) in [6.07, 6.45) is 0.0126. The van der Waals surface area contributed by atoms with Gasteiger partial charge in [-0.25, -0.2) is 13.2 Å². The Morgan fingerprint density at radius 3 is 3.04 bits per heavy atom. The number of amides is 1. The number of hydrogen-bond acceptors (Lipinski definition) is 3. The minimum absolute atomic E-state index is 0.0405. The lowest BCUT2D eigenvalue weighted by Crippen LogP contribution is -2.29. The molecule has 1 aliphatic rings. The van der Waals surface area contributed by atoms with Crippen molar-refractivity contribution in [2.24, 2.45) is 0 Å². The highest BCUT2D eigenvalue weighted by atomic mass is 19.3. The fourth-order valence-corrected chi connectivity index (χ4v) is 2.68. The Hall–Kier alpha value is -2.51. The summed E-state index contributed by atoms with van der Waals surface area (Å²) in [4.78, 5) is 12.3. The first-order chi connectivity index (χ1) is 11.5. The molecule has 1 atom stereocenters. The number of ether oxygens (including phenoxy) is 1. The van der Waals surface area contributed by atoms with Gasteiger partial charge in [0.2, 0.25) is 0 Å². The predicted octanol–water partition coefficient (Wildman–Crippen LogP) is 2.93. The third-order valence-electron chi connectivity index (χ3n) is 3.76. The second kappa shape index (κ2) is 6.94. The van der Waals surface area contributed by atoms with Crippen molar-refractivity contribution in [3.63, 3.8) is 0 Å². The minimum Gasteiger partial charge on any atom is -0.490 e. The molecule has 5 nitrogen and oxygen atoms in total. The van der Waals surface area contributed by atoms with Crippen molar-refractivity contribution in [3.8, 4) is 5.75 Å². The Kier molecular flexibility index (Phi) is 4.73. The van der Waals surface area contributed by atoms with Gasteiger partial charge >= 0.3 is 0 Å². The molecule has 0 bridgehead atoms. The van der Waals surface area contributed by atoms with Crippen LogP contribution in [0.2, 0.25) is 0 Å². The van der Waals surface area contributed by atoms with E-state index in [2.05, 4.69) is 10.4 Å². The van der Waals surface area contributed by atoms with Gasteiger partial charge in [-0.05, 0) is 25.0 Å². The Bertz CT molecular complexity index is 733. The van der Waals surface area contributed by atoms with E-state index in [-0.39, 0.29) is 11.4 Å². The first kappa shape index (κ1) is 16.4. The summed E-state index contributed by atoms with van der Waals surface area (Å²) < 4.78 is 45.0. The molecule has 0 saturated heterocycles. The van der Waals surface area contributed by atoms with Crippen molar-refractivity contribution in [3.05, 3.63) is 47.5 Å². The van der Waals surface area contributed by atoms with Gasteiger partial charge in [0.05, 0.1) is 12.6 Å². The SMILES string of the molecule is O=C(N[C@H]1CCCOc2c(F)cccc21)c1ccn(CC(F)F)n1. The maximum absolute atomic E-state index is 13.9. The summed E-state index contributed by atoms with van der Waals surface area (Å²) in [5.74, 6) is -0.830. The highest BCUT2D eigenvalue weighted by Crippen LogP contribution is 2.33. The van der Waals surface area contributed by atoms with E-state index in [4.69, 9.17) is 4.74 Å². The molecule has 1 aromatic heterocycles. The van der Waals surface area contributed by atoms with Gasteiger partial charge in [-0.3, -0.25) is 9.48 Å². The third kappa shape index (κ3) is 3.52. The number of nitrogens with zero attached hydrogens (tertiary/aromatic N) is 2. The van der Waals surface area contributed by atoms with Crippen LogP contribution in [0.15, 0.2) is 30.5 Å². The van der Waals surface area contributed by atoms with Gasteiger partial charge in [-0.1, -0.05) is 12.1 Å². The molecule has 1 amide bonds. The lowest BCUT2D eigenvalue weighted by Gasteiger charge is -2.18. The molecule has 0 saturated carbocycles. The van der Waals surface area contributed by atoms with Crippen LogP contribution in [-0.4, -0.2) is 28.7 Å². The largest absolute Gasteiger partial charge is 0.490 e. The second-order valence-electron chi connectivity index (χ2n) is 5.49. The molecule has 1 N–H and O–H groups in total. The summed E-state index contributed by atoms with van der Waals surface area (Å²) in [7, 11) is 0. The molecule has 3 rings (SSSR count). The lowest BCUT2D eigenvalue weighted by atomic mass is 10.0. The van der Waals surface area contributed by atoms with Crippen molar-refractivity contribution in [2.45, 2.75) is 31.9 Å². The summed E-state index contributed by atoms with van der Waals surface area (Å²) in [5.41, 5.74) is 0.603. The van der Waals surface area contributed by atoms with Crippen molar-refractivity contribution in [1.82, 2.24) is 15.1 Å². The Morgan fingerprint density at radius 1 is 1.42 bits per heavy atom. The predicted molar refractivity (Wildman–Crippen MR) is 79.6 cm³/mol. The molecule has 1 aromatic carbocycles. The first-order valence-corrected chi connectivity index (χ1v) is 7.58. The molecule has 2 aromatic rings. The topological polar surface area (TPSA) is 56.1 Å². The van der Waals surface area contributed by atoms with Gasteiger partial charge in [0, 0.05) is 11.8 Å². The van der Waals surface area contributed by atoms with Crippen molar-refractivity contribution >= 4 is 5.91 Å². The number of alkyl halides is 2. The zero-order chi connectivity index (χ0) is 17.1. The van der Waals surface area contributed by atoms with Crippen LogP contribution >= 0.6 is 0 Å². The fourth-order valence-electron chi connectivity index (χ4n) is 2.68. The van der Waals surface area contributed by atoms with Crippen molar-refractivity contribution in [1.29, 1.82) is 0 Å². The second-order valence-corrected chi connectivity index (χ2v) is 5.49. The van der Waals surface area contributed by atoms with Crippen LogP contribution in [-0.2, 0) is 6.54 Å². The number of para-hydroxylation sites is 1. The van der Waals surface area contributed by atoms with Crippen molar-refractivity contribution in [2.75, 3.05) is 6.61 Å². The monoisotopic (exact) mass is 339 g/mol. The number of carbonyl (C=O) groups excluding carboxylic acids is 1.